The summed E-state index contributed by atoms with van der Waals surface area (Å²) in [4.78, 5) is 88.7. The number of aliphatic hydroxyl groups excluding tert-OH is 9. The van der Waals surface area contributed by atoms with Crippen LogP contribution >= 0.6 is 7.82 Å². The number of phosphoric ester groups is 1. The maximum Gasteiger partial charge on any atom is 0.471 e. The summed E-state index contributed by atoms with van der Waals surface area (Å²) in [6.07, 6.45) is 2.80. The Bertz CT molecular complexity index is 2290. The molecular weight excluding hydrogens is 1380 g/mol. The quantitative estimate of drug-likeness (QED) is 0.0307. The smallest absolute Gasteiger partial charge is 0.394 e. The van der Waals surface area contributed by atoms with Gasteiger partial charge in [0.05, 0.1) is 50.8 Å². The summed E-state index contributed by atoms with van der Waals surface area (Å²) in [6, 6.07) is -0.959. The molecule has 9 unspecified atom stereocenters. The highest BCUT2D eigenvalue weighted by Gasteiger charge is 2.45. The van der Waals surface area contributed by atoms with Gasteiger partial charge < -0.3 is 116 Å². The zero-order valence-corrected chi connectivity index (χ0v) is 64.2. The minimum Gasteiger partial charge on any atom is -0.394 e. The summed E-state index contributed by atoms with van der Waals surface area (Å²) in [5, 5.41) is 105. The van der Waals surface area contributed by atoms with Crippen LogP contribution in [0.2, 0.25) is 0 Å². The second kappa shape index (κ2) is 60.3. The van der Waals surface area contributed by atoms with Gasteiger partial charge in [0, 0.05) is 123 Å². The van der Waals surface area contributed by atoms with Crippen molar-refractivity contribution >= 4 is 43.1 Å². The minimum absolute atomic E-state index is 0.0185. The molecule has 0 aliphatic carbocycles. The molecule has 0 aromatic heterocycles. The van der Waals surface area contributed by atoms with Gasteiger partial charge >= 0.3 is 7.82 Å². The highest BCUT2D eigenvalue weighted by atomic mass is 31.2. The third kappa shape index (κ3) is 42.4. The highest BCUT2D eigenvalue weighted by Crippen LogP contribution is 2.42. The first-order valence-electron chi connectivity index (χ1n) is 38.2. The predicted octanol–water partition coefficient (Wildman–Crippen LogP) is 2.70. The van der Waals surface area contributed by atoms with E-state index in [1.807, 2.05) is 13.8 Å². The number of hydrogen-bond acceptors (Lipinski definition) is 26. The largest absolute Gasteiger partial charge is 0.471 e. The number of unbranched alkanes of at least 4 members (excludes halogenated alkanes) is 13. The molecule has 0 aromatic carbocycles. The van der Waals surface area contributed by atoms with Crippen molar-refractivity contribution in [3.63, 3.8) is 0 Å². The Balaban J connectivity index is 0.00000323. The predicted molar refractivity (Wildman–Crippen MR) is 385 cm³/mol. The molecule has 104 heavy (non-hydrogen) atoms. The van der Waals surface area contributed by atoms with E-state index in [2.05, 4.69) is 35.6 Å². The molecule has 0 aromatic rings. The minimum atomic E-state index is -3.75. The number of hydrogen-bond donors (Lipinski definition) is 16. The van der Waals surface area contributed by atoms with Crippen molar-refractivity contribution in [2.24, 2.45) is 29.4 Å². The van der Waals surface area contributed by atoms with Crippen molar-refractivity contribution in [3.05, 3.63) is 0 Å². The summed E-state index contributed by atoms with van der Waals surface area (Å²) in [7, 11) is -0.929. The molecule has 32 nitrogen and oxygen atoms in total. The first-order valence-corrected chi connectivity index (χ1v) is 39.7. The Morgan fingerprint density at radius 1 is 0.442 bits per heavy atom. The van der Waals surface area contributed by atoms with E-state index < -0.39 is 137 Å². The van der Waals surface area contributed by atoms with Gasteiger partial charge in [-0.3, -0.25) is 37.8 Å². The average Bonchev–Trinajstić information content (AvgIpc) is 0.834. The molecule has 3 aliphatic heterocycles. The molecule has 612 valence electrons. The number of nitrogens with two attached hydrogens (primary N) is 1. The van der Waals surface area contributed by atoms with E-state index in [0.29, 0.717) is 129 Å². The molecule has 3 saturated heterocycles. The fourth-order valence-corrected chi connectivity index (χ4v) is 12.2. The van der Waals surface area contributed by atoms with Gasteiger partial charge in [-0.05, 0) is 116 Å². The van der Waals surface area contributed by atoms with Crippen LogP contribution < -0.4 is 32.3 Å². The van der Waals surface area contributed by atoms with Gasteiger partial charge in [0.15, 0.2) is 24.7 Å². The zero-order chi connectivity index (χ0) is 77.7. The molecule has 33 heteroatoms. The fraction of sp³-hybridized carbons (Fsp3) is 0.915. The number of aliphatic hydroxyl groups is 9. The van der Waals surface area contributed by atoms with E-state index in [1.54, 1.807) is 27.9 Å². The normalized spacial score (nSPS) is 25.7. The van der Waals surface area contributed by atoms with Crippen LogP contribution in [0.4, 0.5) is 0 Å². The third-order valence-electron chi connectivity index (χ3n) is 18.5. The molecule has 3 heterocycles. The van der Waals surface area contributed by atoms with E-state index in [0.717, 1.165) is 65.1 Å². The number of carbonyl (C=O) groups is 6. The van der Waals surface area contributed by atoms with Crippen LogP contribution in [0.1, 0.15) is 214 Å². The first kappa shape index (κ1) is 98.5. The van der Waals surface area contributed by atoms with Crippen molar-refractivity contribution < 1.29 is 126 Å². The van der Waals surface area contributed by atoms with Gasteiger partial charge in [-0.15, -0.1) is 0 Å². The lowest BCUT2D eigenvalue weighted by molar-refractivity contribution is -0.282. The van der Waals surface area contributed by atoms with Crippen molar-refractivity contribution in [1.82, 2.24) is 26.6 Å². The zero-order valence-electron chi connectivity index (χ0n) is 63.3. The van der Waals surface area contributed by atoms with Crippen molar-refractivity contribution in [1.29, 1.82) is 0 Å². The molecule has 18 atom stereocenters. The molecule has 0 spiro atoms. The number of carbonyl (C=O) groups excluding carboxylic acids is 6. The summed E-state index contributed by atoms with van der Waals surface area (Å²) >= 11 is 0. The van der Waals surface area contributed by atoms with Crippen LogP contribution in [0.3, 0.4) is 0 Å². The molecular formula is C71H137N6O26P. The van der Waals surface area contributed by atoms with Gasteiger partial charge in [-0.2, -0.15) is 0 Å². The first-order chi connectivity index (χ1) is 49.9. The van der Waals surface area contributed by atoms with Crippen molar-refractivity contribution in [2.45, 2.75) is 294 Å². The number of ether oxygens (including phenoxy) is 7. The summed E-state index contributed by atoms with van der Waals surface area (Å²) in [5.74, 6) is -3.87. The van der Waals surface area contributed by atoms with Crippen LogP contribution in [0.5, 0.6) is 0 Å². The van der Waals surface area contributed by atoms with Crippen LogP contribution in [0.25, 0.3) is 0 Å². The Morgan fingerprint density at radius 3 is 1.19 bits per heavy atom. The number of amides is 5. The SMILES string of the molecule is CC.COCCCCCCNC(=O)CCCCCNC(=O)C(CCCCNC(=O)CCCCO[C@@H]1OC(CO)[C@H](O)[C@H](O)C1C)CC(=O)C(CCCCNC(=O)CCCCO[C@@H]1OC(CO)[C@H](O)[C@H](O)C1C)NC(=O)CCCCO[C@@H]1OC(CO)[C@H](O)[C@H](O)C1C.COP(=O)(O)OCCCCCCN. The van der Waals surface area contributed by atoms with E-state index in [1.165, 1.54) is 0 Å². The number of methoxy groups -OCH3 is 1. The average molecular weight is 1520 g/mol. The molecule has 5 amide bonds. The third-order valence-corrected chi connectivity index (χ3v) is 19.4. The summed E-state index contributed by atoms with van der Waals surface area (Å²) < 4.78 is 58.9. The number of nitrogens with one attached hydrogen (secondary N) is 5. The van der Waals surface area contributed by atoms with Crippen LogP contribution in [-0.4, -0.2) is 266 Å². The van der Waals surface area contributed by atoms with Gasteiger partial charge in [-0.1, -0.05) is 73.1 Å². The van der Waals surface area contributed by atoms with Gasteiger partial charge in [-0.25, -0.2) is 4.57 Å². The number of ketones is 1. The van der Waals surface area contributed by atoms with Gasteiger partial charge in [0.1, 0.15) is 36.6 Å². The highest BCUT2D eigenvalue weighted by molar-refractivity contribution is 7.47. The molecule has 3 rings (SSSR count). The van der Waals surface area contributed by atoms with Crippen LogP contribution in [-0.2, 0) is 75.5 Å². The number of phosphoric acid groups is 1. The standard InChI is InChI=1S/C62H113N5O22.C7H18NO4P.C2H6/c1-40-53(76)56(79)46(37-68)87-60(40)84-33-19-11-25-50(73)64-29-16-9-22-43(59(82)66-31-15-7-8-24-49(72)63-28-14-5-6-18-32-83-4)36-45(71)44(67-52(75)27-13-21-35-86-62-42(3)55(78)58(81)48(39-70)89-62)23-10-17-30-65-51(74)26-12-20-34-85-61-41(2)54(77)57(80)47(38-69)88-61;1-11-13(9,10)12-7-5-3-2-4-6-8;1-2/h40-44,46-48,53-58,60-62,68-70,76-81H,5-39H2,1-4H3,(H,63,72)(H,64,73)(H,65,74)(H,66,82)(H,67,75);2-8H2,1H3,(H,9,10);1-2H3/t40?,41?,42?,43?,44?,46?,47?,48?,53-,54-,55-,56+,57+,58+,60-,61-,62-;;/m1../s1. The fourth-order valence-electron chi connectivity index (χ4n) is 11.7. The summed E-state index contributed by atoms with van der Waals surface area (Å²) in [6.45, 7) is 11.4. The maximum absolute atomic E-state index is 14.4. The second-order valence-corrected chi connectivity index (χ2v) is 28.5. The van der Waals surface area contributed by atoms with Gasteiger partial charge in [0.2, 0.25) is 29.5 Å². The molecule has 3 fully saturated rings. The molecule has 0 bridgehead atoms. The van der Waals surface area contributed by atoms with E-state index in [4.69, 9.17) is 43.8 Å². The lowest BCUT2D eigenvalue weighted by Gasteiger charge is -2.40. The molecule has 0 saturated carbocycles. The Hall–Kier alpha value is -3.55. The second-order valence-electron chi connectivity index (χ2n) is 26.9. The Kier molecular flexibility index (Phi) is 57.1. The van der Waals surface area contributed by atoms with Crippen LogP contribution in [0.15, 0.2) is 0 Å². The Labute approximate surface area is 617 Å². The number of Topliss-reactive ketones (excluding diaryl/α,β-unsaturated/α-hetero) is 1. The topological polar surface area (TPSA) is 491 Å². The van der Waals surface area contributed by atoms with Crippen molar-refractivity contribution in [3.8, 4) is 0 Å². The van der Waals surface area contributed by atoms with Gasteiger partial charge in [0.25, 0.3) is 0 Å². The number of rotatable bonds is 57. The van der Waals surface area contributed by atoms with E-state index >= 15 is 0 Å². The Morgan fingerprint density at radius 2 is 0.788 bits per heavy atom. The lowest BCUT2D eigenvalue weighted by Crippen LogP contribution is -2.55. The molecule has 0 radical (unpaired) electrons. The van der Waals surface area contributed by atoms with Crippen LogP contribution in [0, 0.1) is 23.7 Å². The maximum atomic E-state index is 14.4. The van der Waals surface area contributed by atoms with E-state index in [9.17, 15) is 79.3 Å². The van der Waals surface area contributed by atoms with E-state index in [-0.39, 0.29) is 87.9 Å². The lowest BCUT2D eigenvalue weighted by atomic mass is 9.91. The molecule has 3 aliphatic rings. The molecule has 17 N–H and O–H groups in total. The summed E-state index contributed by atoms with van der Waals surface area (Å²) in [5.41, 5.74) is 5.30. The van der Waals surface area contributed by atoms with Crippen molar-refractivity contribution in [2.75, 3.05) is 99.8 Å². The monoisotopic (exact) mass is 1520 g/mol.